The number of hydrogen-bond donors (Lipinski definition) is 2. The van der Waals surface area contributed by atoms with Gasteiger partial charge >= 0.3 is 0 Å². The maximum Gasteiger partial charge on any atom is 0.275 e. The zero-order valence-electron chi connectivity index (χ0n) is 18.5. The number of nitrogens with one attached hydrogen (secondary N) is 2. The quantitative estimate of drug-likeness (QED) is 0.563. The monoisotopic (exact) mass is 421 g/mol. The number of rotatable bonds is 6. The van der Waals surface area contributed by atoms with Gasteiger partial charge in [0.25, 0.3) is 11.1 Å². The number of sulfone groups is 1. The number of carbonyl (C=O) groups excluding carboxylic acids is 1. The molecule has 152 valence electrons. The van der Waals surface area contributed by atoms with E-state index in [0.717, 1.165) is 6.26 Å². The maximum absolute atomic E-state index is 12.4. The van der Waals surface area contributed by atoms with Gasteiger partial charge in [-0.1, -0.05) is 6.07 Å². The zero-order chi connectivity index (χ0) is 23.7. The highest BCUT2D eigenvalue weighted by Crippen LogP contribution is 2.36. The lowest BCUT2D eigenvalue weighted by atomic mass is 10.1. The Morgan fingerprint density at radius 1 is 1.31 bits per heavy atom. The molecule has 2 aromatic heterocycles. The Kier molecular flexibility index (Phi) is 4.39. The average Bonchev–Trinajstić information content (AvgIpc) is 3.12. The third-order valence-electron chi connectivity index (χ3n) is 3.64. The van der Waals surface area contributed by atoms with Crippen molar-refractivity contribution in [2.45, 2.75) is 5.16 Å². The summed E-state index contributed by atoms with van der Waals surface area (Å²) in [5.74, 6) is -0.855. The van der Waals surface area contributed by atoms with E-state index in [1.54, 1.807) is 30.6 Å². The third-order valence-corrected chi connectivity index (χ3v) is 4.48. The molecule has 3 aromatic rings. The van der Waals surface area contributed by atoms with Gasteiger partial charge in [0.05, 0.1) is 18.4 Å². The predicted octanol–water partition coefficient (Wildman–Crippen LogP) is 0.182. The number of aromatic nitrogens is 6. The molecule has 0 unspecified atom stereocenters. The van der Waals surface area contributed by atoms with E-state index in [4.69, 9.17) is 8.85 Å². The normalized spacial score (nSPS) is 13.1. The molecule has 0 fully saturated rings. The molecule has 1 aromatic carbocycles. The molecule has 0 saturated carbocycles. The zero-order valence-corrected chi connectivity index (χ0v) is 16.4. The Hall–Kier alpha value is -3.61. The number of hydrogen-bond acceptors (Lipinski definition) is 10. The largest absolute Gasteiger partial charge is 0.494 e. The highest BCUT2D eigenvalue weighted by atomic mass is 32.2. The minimum Gasteiger partial charge on any atom is -0.494 e. The molecule has 1 amide bonds. The van der Waals surface area contributed by atoms with Gasteiger partial charge in [-0.2, -0.15) is 10.1 Å². The van der Waals surface area contributed by atoms with Crippen LogP contribution >= 0.6 is 0 Å². The second-order valence-electron chi connectivity index (χ2n) is 5.77. The van der Waals surface area contributed by atoms with E-state index in [9.17, 15) is 13.2 Å². The Bertz CT molecular complexity index is 1280. The Morgan fingerprint density at radius 3 is 2.72 bits per heavy atom. The minimum atomic E-state index is -3.88. The van der Waals surface area contributed by atoms with Crippen LogP contribution in [0.1, 0.15) is 14.6 Å². The Balaban J connectivity index is 2.12. The van der Waals surface area contributed by atoms with Crippen LogP contribution in [0.2, 0.25) is 0 Å². The number of benzene rings is 1. The summed E-state index contributed by atoms with van der Waals surface area (Å²) in [6, 6.07) is 4.91. The van der Waals surface area contributed by atoms with Crippen molar-refractivity contribution in [3.63, 3.8) is 0 Å². The van der Waals surface area contributed by atoms with Crippen molar-refractivity contribution < 1.29 is 22.1 Å². The van der Waals surface area contributed by atoms with Crippen molar-refractivity contribution in [2.75, 3.05) is 25.7 Å². The van der Waals surface area contributed by atoms with Crippen LogP contribution in [-0.2, 0) is 16.9 Å². The van der Waals surface area contributed by atoms with Gasteiger partial charge in [0.15, 0.2) is 23.1 Å². The fourth-order valence-corrected chi connectivity index (χ4v) is 2.84. The highest BCUT2D eigenvalue weighted by molar-refractivity contribution is 7.90. The van der Waals surface area contributed by atoms with E-state index in [0.29, 0.717) is 11.4 Å². The summed E-state index contributed by atoms with van der Waals surface area (Å²) in [6.07, 6.45) is 2.36. The first-order valence-electron chi connectivity index (χ1n) is 9.46. The molecule has 0 bridgehead atoms. The van der Waals surface area contributed by atoms with Crippen molar-refractivity contribution in [2.24, 2.45) is 7.05 Å². The molecule has 2 N–H and O–H groups in total. The van der Waals surface area contributed by atoms with Gasteiger partial charge in [0.1, 0.15) is 6.33 Å². The fraction of sp³-hybridized carbons (Fsp3) is 0.250. The van der Waals surface area contributed by atoms with Gasteiger partial charge in [-0.25, -0.2) is 13.4 Å². The molecule has 3 rings (SSSR count). The van der Waals surface area contributed by atoms with Crippen LogP contribution in [-0.4, -0.2) is 64.6 Å². The molecule has 0 aliphatic carbocycles. The number of anilines is 2. The Morgan fingerprint density at radius 2 is 2.10 bits per heavy atom. The van der Waals surface area contributed by atoms with Gasteiger partial charge in [-0.3, -0.25) is 9.48 Å². The average molecular weight is 421 g/mol. The van der Waals surface area contributed by atoms with Crippen LogP contribution in [0.3, 0.4) is 0 Å². The van der Waals surface area contributed by atoms with Gasteiger partial charge in [0.2, 0.25) is 9.84 Å². The predicted molar refractivity (Wildman–Crippen MR) is 103 cm³/mol. The van der Waals surface area contributed by atoms with E-state index >= 15 is 0 Å². The standard InChI is InChI=1S/C16H18N8O4S/c1-17-15(25)11-14(20-16(22-21-11)29(4,26)27)19-10-7-5-6-9(12(10)28-3)13-18-8-24(2)23-13/h5-8H,1-4H3,(H,17,25)(H,19,20,22)/i1D3. The molecule has 12 nitrogen and oxygen atoms in total. The SMILES string of the molecule is [2H]C([2H])([2H])NC(=O)c1nnc(S(C)(=O)=O)nc1Nc1cccc(-c2ncn(C)n2)c1OC. The summed E-state index contributed by atoms with van der Waals surface area (Å²) in [6.45, 7) is -2.81. The van der Waals surface area contributed by atoms with Crippen molar-refractivity contribution >= 4 is 27.2 Å². The lowest BCUT2D eigenvalue weighted by Gasteiger charge is -2.14. The molecule has 2 heterocycles. The molecule has 0 radical (unpaired) electrons. The molecule has 0 aliphatic heterocycles. The van der Waals surface area contributed by atoms with Gasteiger partial charge < -0.3 is 15.4 Å². The lowest BCUT2D eigenvalue weighted by molar-refractivity contribution is 0.0957. The number of methoxy groups -OCH3 is 1. The van der Waals surface area contributed by atoms with Crippen molar-refractivity contribution in [1.29, 1.82) is 0 Å². The topological polar surface area (TPSA) is 154 Å². The number of para-hydroxylation sites is 1. The van der Waals surface area contributed by atoms with Crippen molar-refractivity contribution in [1.82, 2.24) is 35.3 Å². The van der Waals surface area contributed by atoms with E-state index in [2.05, 4.69) is 30.6 Å². The second kappa shape index (κ2) is 7.79. The fourth-order valence-electron chi connectivity index (χ4n) is 2.39. The number of carbonyl (C=O) groups is 1. The van der Waals surface area contributed by atoms with Crippen LogP contribution in [0.5, 0.6) is 5.75 Å². The van der Waals surface area contributed by atoms with Gasteiger partial charge in [-0.15, -0.1) is 10.2 Å². The third kappa shape index (κ3) is 4.13. The lowest BCUT2D eigenvalue weighted by Crippen LogP contribution is -2.23. The molecule has 13 heteroatoms. The summed E-state index contributed by atoms with van der Waals surface area (Å²) in [4.78, 5) is 20.5. The van der Waals surface area contributed by atoms with Gasteiger partial charge in [0, 0.05) is 24.4 Å². The summed E-state index contributed by atoms with van der Waals surface area (Å²) in [7, 11) is -0.788. The van der Waals surface area contributed by atoms with E-state index in [1.165, 1.54) is 18.1 Å². The second-order valence-corrected chi connectivity index (χ2v) is 7.68. The minimum absolute atomic E-state index is 0.264. The summed E-state index contributed by atoms with van der Waals surface area (Å²) in [5.41, 5.74) is 0.231. The maximum atomic E-state index is 12.4. The summed E-state index contributed by atoms with van der Waals surface area (Å²) < 4.78 is 52.4. The number of nitrogens with zero attached hydrogens (tertiary/aromatic N) is 6. The van der Waals surface area contributed by atoms with Crippen LogP contribution in [0.4, 0.5) is 11.5 Å². The van der Waals surface area contributed by atoms with Crippen LogP contribution in [0.25, 0.3) is 11.4 Å². The summed E-state index contributed by atoms with van der Waals surface area (Å²) >= 11 is 0. The molecule has 0 aliphatic rings. The van der Waals surface area contributed by atoms with E-state index < -0.39 is 33.6 Å². The Labute approximate surface area is 170 Å². The van der Waals surface area contributed by atoms with Crippen LogP contribution in [0.15, 0.2) is 29.7 Å². The molecule has 0 atom stereocenters. The van der Waals surface area contributed by atoms with E-state index in [-0.39, 0.29) is 17.3 Å². The van der Waals surface area contributed by atoms with Gasteiger partial charge in [-0.05, 0) is 12.1 Å². The van der Waals surface area contributed by atoms with Crippen molar-refractivity contribution in [3.05, 3.63) is 30.2 Å². The molecular weight excluding hydrogens is 400 g/mol. The molecule has 0 saturated heterocycles. The van der Waals surface area contributed by atoms with Crippen LogP contribution in [0, 0.1) is 0 Å². The molecular formula is C16H18N8O4S. The first kappa shape index (κ1) is 16.4. The van der Waals surface area contributed by atoms with Crippen molar-refractivity contribution in [3.8, 4) is 17.1 Å². The van der Waals surface area contributed by atoms with Crippen LogP contribution < -0.4 is 15.4 Å². The van der Waals surface area contributed by atoms with E-state index in [1.807, 2.05) is 0 Å². The summed E-state index contributed by atoms with van der Waals surface area (Å²) in [5, 5.41) is 15.1. The first-order chi connectivity index (χ1) is 14.9. The number of ether oxygens (including phenoxy) is 1. The number of amides is 1. The molecule has 0 spiro atoms. The number of aryl methyl sites for hydroxylation is 1. The highest BCUT2D eigenvalue weighted by Gasteiger charge is 2.22. The smallest absolute Gasteiger partial charge is 0.275 e. The first-order valence-corrected chi connectivity index (χ1v) is 9.85. The molecule has 29 heavy (non-hydrogen) atoms.